The number of fused-ring (bicyclic) bond motifs is 1. The largest absolute Gasteiger partial charge is 0.368 e. The van der Waals surface area contributed by atoms with Gasteiger partial charge >= 0.3 is 0 Å². The van der Waals surface area contributed by atoms with E-state index in [-0.39, 0.29) is 12.5 Å². The van der Waals surface area contributed by atoms with Crippen LogP contribution in [0.15, 0.2) is 58.6 Å². The molecule has 0 spiro atoms. The van der Waals surface area contributed by atoms with Crippen LogP contribution in [0.25, 0.3) is 17.0 Å². The number of aromatic nitrogens is 1. The number of rotatable bonds is 4. The molecule has 4 rings (SSSR count). The van der Waals surface area contributed by atoms with E-state index in [9.17, 15) is 9.59 Å². The fourth-order valence-corrected chi connectivity index (χ4v) is 4.10. The van der Waals surface area contributed by atoms with Crippen LogP contribution in [0.3, 0.4) is 0 Å². The van der Waals surface area contributed by atoms with E-state index in [1.807, 2.05) is 68.6 Å². The standard InChI is InChI=1S/C22H20N4O2S/c1-13-6-5-8-17(14(13)2)24-22-25-21(28)19(29-22)10-15-11-26(12-20(23)27)18-9-4-3-7-16(15)18/h3-11H,12H2,1-2H3,(H2,23,27)(H,24,25,28). The second-order valence-corrected chi connectivity index (χ2v) is 7.93. The number of benzene rings is 2. The molecule has 2 heterocycles. The summed E-state index contributed by atoms with van der Waals surface area (Å²) in [6, 6.07) is 13.6. The van der Waals surface area contributed by atoms with Gasteiger partial charge in [-0.1, -0.05) is 30.3 Å². The summed E-state index contributed by atoms with van der Waals surface area (Å²) < 4.78 is 1.80. The lowest BCUT2D eigenvalue weighted by molar-refractivity contribution is -0.118. The van der Waals surface area contributed by atoms with Crippen molar-refractivity contribution in [1.82, 2.24) is 9.88 Å². The first-order valence-electron chi connectivity index (χ1n) is 9.14. The van der Waals surface area contributed by atoms with Crippen LogP contribution in [0.2, 0.25) is 0 Å². The molecule has 0 unspecified atom stereocenters. The molecule has 1 aliphatic rings. The highest BCUT2D eigenvalue weighted by Crippen LogP contribution is 2.32. The van der Waals surface area contributed by atoms with Gasteiger partial charge in [-0.15, -0.1) is 0 Å². The maximum atomic E-state index is 12.5. The topological polar surface area (TPSA) is 89.5 Å². The van der Waals surface area contributed by atoms with Gasteiger partial charge in [-0.3, -0.25) is 9.59 Å². The zero-order valence-corrected chi connectivity index (χ0v) is 16.9. The van der Waals surface area contributed by atoms with Gasteiger partial charge in [0.2, 0.25) is 5.91 Å². The minimum atomic E-state index is -0.416. The fraction of sp³-hybridized carbons (Fsp3) is 0.136. The van der Waals surface area contributed by atoms with Crippen LogP contribution in [-0.2, 0) is 16.1 Å². The zero-order valence-electron chi connectivity index (χ0n) is 16.1. The summed E-state index contributed by atoms with van der Waals surface area (Å²) in [6.07, 6.45) is 3.67. The Bertz CT molecular complexity index is 1210. The highest BCUT2D eigenvalue weighted by molar-refractivity contribution is 8.18. The van der Waals surface area contributed by atoms with E-state index in [2.05, 4.69) is 10.3 Å². The molecule has 1 fully saturated rings. The molecule has 6 nitrogen and oxygen atoms in total. The molecule has 146 valence electrons. The van der Waals surface area contributed by atoms with E-state index in [4.69, 9.17) is 5.73 Å². The number of amides is 2. The van der Waals surface area contributed by atoms with Gasteiger partial charge in [0.25, 0.3) is 5.91 Å². The van der Waals surface area contributed by atoms with E-state index >= 15 is 0 Å². The lowest BCUT2D eigenvalue weighted by atomic mass is 10.1. The molecule has 1 aromatic heterocycles. The molecule has 2 aromatic carbocycles. The second kappa shape index (κ2) is 7.60. The Balaban J connectivity index is 1.69. The molecule has 1 aliphatic heterocycles. The average molecular weight is 404 g/mol. The molecular weight excluding hydrogens is 384 g/mol. The molecule has 0 bridgehead atoms. The van der Waals surface area contributed by atoms with E-state index in [0.29, 0.717) is 10.1 Å². The Hall–Kier alpha value is -3.32. The summed E-state index contributed by atoms with van der Waals surface area (Å²) in [4.78, 5) is 29.0. The van der Waals surface area contributed by atoms with Crippen molar-refractivity contribution in [2.45, 2.75) is 20.4 Å². The highest BCUT2D eigenvalue weighted by atomic mass is 32.2. The van der Waals surface area contributed by atoms with Crippen molar-refractivity contribution in [3.8, 4) is 0 Å². The second-order valence-electron chi connectivity index (χ2n) is 6.90. The number of carbonyl (C=O) groups is 2. The van der Waals surface area contributed by atoms with Crippen LogP contribution in [0.1, 0.15) is 16.7 Å². The number of carbonyl (C=O) groups excluding carboxylic acids is 2. The smallest absolute Gasteiger partial charge is 0.264 e. The molecule has 3 aromatic rings. The quantitative estimate of drug-likeness (QED) is 0.651. The lowest BCUT2D eigenvalue weighted by Crippen LogP contribution is -2.19. The molecule has 29 heavy (non-hydrogen) atoms. The predicted molar refractivity (Wildman–Crippen MR) is 118 cm³/mol. The molecule has 7 heteroatoms. The third-order valence-corrected chi connectivity index (χ3v) is 5.79. The third kappa shape index (κ3) is 3.82. The van der Waals surface area contributed by atoms with E-state index in [0.717, 1.165) is 33.3 Å². The zero-order chi connectivity index (χ0) is 20.5. The normalized spacial score (nSPS) is 16.7. The Morgan fingerprint density at radius 2 is 2.00 bits per heavy atom. The van der Waals surface area contributed by atoms with Crippen molar-refractivity contribution in [1.29, 1.82) is 0 Å². The van der Waals surface area contributed by atoms with Crippen molar-refractivity contribution >= 4 is 51.4 Å². The Morgan fingerprint density at radius 3 is 2.79 bits per heavy atom. The van der Waals surface area contributed by atoms with Crippen LogP contribution >= 0.6 is 11.8 Å². The number of thioether (sulfide) groups is 1. The van der Waals surface area contributed by atoms with Crippen molar-refractivity contribution in [3.63, 3.8) is 0 Å². The molecule has 3 N–H and O–H groups in total. The Kier molecular flexibility index (Phi) is 4.98. The third-order valence-electron chi connectivity index (χ3n) is 4.88. The average Bonchev–Trinajstić information content (AvgIpc) is 3.19. The van der Waals surface area contributed by atoms with E-state index < -0.39 is 5.91 Å². The van der Waals surface area contributed by atoms with Crippen LogP contribution in [-0.4, -0.2) is 21.5 Å². The number of hydrogen-bond donors (Lipinski definition) is 2. The summed E-state index contributed by atoms with van der Waals surface area (Å²) in [5.41, 5.74) is 10.2. The highest BCUT2D eigenvalue weighted by Gasteiger charge is 2.24. The SMILES string of the molecule is Cc1cccc(N=C2NC(=O)C(=Cc3cn(CC(N)=O)c4ccccc34)S2)c1C. The number of aliphatic imine (C=N–C) groups is 1. The molecule has 0 aliphatic carbocycles. The first kappa shape index (κ1) is 19.0. The number of aryl methyl sites for hydroxylation is 1. The van der Waals surface area contributed by atoms with Gasteiger partial charge in [-0.2, -0.15) is 0 Å². The number of primary amides is 1. The summed E-state index contributed by atoms with van der Waals surface area (Å²) in [6.45, 7) is 4.13. The lowest BCUT2D eigenvalue weighted by Gasteiger charge is -2.04. The van der Waals surface area contributed by atoms with Gasteiger partial charge in [0.05, 0.1) is 10.6 Å². The van der Waals surface area contributed by atoms with E-state index in [1.165, 1.54) is 11.8 Å². The van der Waals surface area contributed by atoms with Crippen molar-refractivity contribution in [2.24, 2.45) is 10.7 Å². The predicted octanol–water partition coefficient (Wildman–Crippen LogP) is 3.64. The first-order chi connectivity index (χ1) is 13.9. The van der Waals surface area contributed by atoms with Gasteiger partial charge in [0.1, 0.15) is 6.54 Å². The van der Waals surface area contributed by atoms with Crippen LogP contribution in [0.4, 0.5) is 5.69 Å². The molecule has 0 saturated carbocycles. The number of nitrogens with zero attached hydrogens (tertiary/aromatic N) is 2. The summed E-state index contributed by atoms with van der Waals surface area (Å²) in [5.74, 6) is -0.605. The van der Waals surface area contributed by atoms with Crippen molar-refractivity contribution in [2.75, 3.05) is 0 Å². The van der Waals surface area contributed by atoms with Crippen LogP contribution in [0, 0.1) is 13.8 Å². The van der Waals surface area contributed by atoms with Gasteiger partial charge in [0.15, 0.2) is 5.17 Å². The molecule has 0 radical (unpaired) electrons. The minimum Gasteiger partial charge on any atom is -0.368 e. The number of hydrogen-bond acceptors (Lipinski definition) is 4. The van der Waals surface area contributed by atoms with E-state index in [1.54, 1.807) is 4.57 Å². The summed E-state index contributed by atoms with van der Waals surface area (Å²) in [5, 5.41) is 4.34. The maximum Gasteiger partial charge on any atom is 0.264 e. The minimum absolute atomic E-state index is 0.0857. The maximum absolute atomic E-state index is 12.5. The summed E-state index contributed by atoms with van der Waals surface area (Å²) in [7, 11) is 0. The Morgan fingerprint density at radius 1 is 1.21 bits per heavy atom. The van der Waals surface area contributed by atoms with Gasteiger partial charge in [-0.25, -0.2) is 4.99 Å². The van der Waals surface area contributed by atoms with Crippen molar-refractivity contribution in [3.05, 3.63) is 70.3 Å². The number of nitrogens with two attached hydrogens (primary N) is 1. The molecule has 2 amide bonds. The van der Waals surface area contributed by atoms with Gasteiger partial charge in [0, 0.05) is 22.7 Å². The number of nitrogens with one attached hydrogen (secondary N) is 1. The van der Waals surface area contributed by atoms with Gasteiger partial charge in [-0.05, 0) is 54.9 Å². The number of para-hydroxylation sites is 1. The van der Waals surface area contributed by atoms with Crippen LogP contribution < -0.4 is 11.1 Å². The molecule has 1 saturated heterocycles. The molecule has 0 atom stereocenters. The summed E-state index contributed by atoms with van der Waals surface area (Å²) >= 11 is 1.30. The first-order valence-corrected chi connectivity index (χ1v) is 9.96. The van der Waals surface area contributed by atoms with Crippen molar-refractivity contribution < 1.29 is 9.59 Å². The molecular formula is C22H20N4O2S. The Labute approximate surface area is 172 Å². The van der Waals surface area contributed by atoms with Gasteiger partial charge < -0.3 is 15.6 Å². The number of amidine groups is 1. The monoisotopic (exact) mass is 404 g/mol. The fourth-order valence-electron chi connectivity index (χ4n) is 3.28. The van der Waals surface area contributed by atoms with Crippen LogP contribution in [0.5, 0.6) is 0 Å².